The third kappa shape index (κ3) is 5.67. The number of amides is 1. The fourth-order valence-electron chi connectivity index (χ4n) is 3.39. The van der Waals surface area contributed by atoms with Crippen LogP contribution in [0.5, 0.6) is 5.75 Å². The van der Waals surface area contributed by atoms with Crippen molar-refractivity contribution in [3.8, 4) is 5.75 Å². The second kappa shape index (κ2) is 9.87. The highest BCUT2D eigenvalue weighted by Gasteiger charge is 2.43. The summed E-state index contributed by atoms with van der Waals surface area (Å²) in [4.78, 5) is 28.9. The quantitative estimate of drug-likeness (QED) is 0.546. The molecule has 29 heavy (non-hydrogen) atoms. The topological polar surface area (TPSA) is 77.5 Å². The Hall–Kier alpha value is -3.15. The SMILES string of the molecule is CCOC(=O)C1(NC(=O)/C=C/c2ccc(OCc3ccccn3)cc2)CCCC1. The molecule has 152 valence electrons. The molecule has 1 saturated carbocycles. The summed E-state index contributed by atoms with van der Waals surface area (Å²) >= 11 is 0. The zero-order chi connectivity index (χ0) is 20.5. The molecular weight excluding hydrogens is 368 g/mol. The first kappa shape index (κ1) is 20.6. The lowest BCUT2D eigenvalue weighted by Gasteiger charge is -2.27. The summed E-state index contributed by atoms with van der Waals surface area (Å²) < 4.78 is 10.9. The van der Waals surface area contributed by atoms with E-state index in [1.54, 1.807) is 19.2 Å². The molecule has 6 nitrogen and oxygen atoms in total. The third-order valence-corrected chi connectivity index (χ3v) is 4.91. The van der Waals surface area contributed by atoms with Crippen molar-refractivity contribution in [2.75, 3.05) is 6.61 Å². The van der Waals surface area contributed by atoms with E-state index in [0.717, 1.165) is 29.8 Å². The van der Waals surface area contributed by atoms with Gasteiger partial charge in [-0.15, -0.1) is 0 Å². The van der Waals surface area contributed by atoms with E-state index in [4.69, 9.17) is 9.47 Å². The Morgan fingerprint density at radius 2 is 1.90 bits per heavy atom. The molecule has 0 saturated heterocycles. The van der Waals surface area contributed by atoms with Crippen molar-refractivity contribution in [1.29, 1.82) is 0 Å². The van der Waals surface area contributed by atoms with Crippen LogP contribution >= 0.6 is 0 Å². The zero-order valence-corrected chi connectivity index (χ0v) is 16.6. The standard InChI is InChI=1S/C23H26N2O4/c1-2-28-22(27)23(14-4-5-15-23)25-21(26)13-10-18-8-11-20(12-9-18)29-17-19-7-3-6-16-24-19/h3,6-13,16H,2,4-5,14-15,17H2,1H3,(H,25,26)/b13-10+. The van der Waals surface area contributed by atoms with Crippen molar-refractivity contribution in [1.82, 2.24) is 10.3 Å². The Balaban J connectivity index is 1.55. The van der Waals surface area contributed by atoms with E-state index in [2.05, 4.69) is 10.3 Å². The van der Waals surface area contributed by atoms with Gasteiger partial charge < -0.3 is 14.8 Å². The molecule has 0 aliphatic heterocycles. The summed E-state index contributed by atoms with van der Waals surface area (Å²) in [7, 11) is 0. The predicted octanol–water partition coefficient (Wildman–Crippen LogP) is 3.67. The predicted molar refractivity (Wildman–Crippen MR) is 110 cm³/mol. The van der Waals surface area contributed by atoms with E-state index >= 15 is 0 Å². The maximum absolute atomic E-state index is 12.4. The molecule has 0 radical (unpaired) electrons. The molecule has 6 heteroatoms. The van der Waals surface area contributed by atoms with Gasteiger partial charge in [0.15, 0.2) is 0 Å². The average molecular weight is 394 g/mol. The number of aromatic nitrogens is 1. The van der Waals surface area contributed by atoms with Crippen LogP contribution < -0.4 is 10.1 Å². The van der Waals surface area contributed by atoms with Crippen LogP contribution in [0.25, 0.3) is 6.08 Å². The van der Waals surface area contributed by atoms with E-state index in [9.17, 15) is 9.59 Å². The van der Waals surface area contributed by atoms with Crippen LogP contribution in [0, 0.1) is 0 Å². The molecule has 1 fully saturated rings. The van der Waals surface area contributed by atoms with E-state index in [-0.39, 0.29) is 11.9 Å². The maximum Gasteiger partial charge on any atom is 0.331 e. The second-order valence-electron chi connectivity index (χ2n) is 7.01. The van der Waals surface area contributed by atoms with Gasteiger partial charge in [-0.05, 0) is 55.7 Å². The monoisotopic (exact) mass is 394 g/mol. The van der Waals surface area contributed by atoms with Crippen LogP contribution in [0.15, 0.2) is 54.7 Å². The Labute approximate surface area is 170 Å². The number of pyridine rings is 1. The summed E-state index contributed by atoms with van der Waals surface area (Å²) in [6, 6.07) is 13.1. The highest BCUT2D eigenvalue weighted by Crippen LogP contribution is 2.31. The Kier molecular flexibility index (Phi) is 7.00. The Morgan fingerprint density at radius 1 is 1.14 bits per heavy atom. The number of benzene rings is 1. The Morgan fingerprint density at radius 3 is 2.55 bits per heavy atom. The molecule has 3 rings (SSSR count). The van der Waals surface area contributed by atoms with Crippen molar-refractivity contribution >= 4 is 18.0 Å². The number of nitrogens with zero attached hydrogens (tertiary/aromatic N) is 1. The minimum Gasteiger partial charge on any atom is -0.487 e. The van der Waals surface area contributed by atoms with Crippen molar-refractivity contribution in [2.24, 2.45) is 0 Å². The lowest BCUT2D eigenvalue weighted by molar-refractivity contribution is -0.152. The van der Waals surface area contributed by atoms with Crippen LogP contribution in [0.2, 0.25) is 0 Å². The molecule has 0 unspecified atom stereocenters. The molecule has 1 aromatic heterocycles. The first-order chi connectivity index (χ1) is 14.1. The molecule has 1 aliphatic rings. The molecule has 0 spiro atoms. The number of carbonyl (C=O) groups excluding carboxylic acids is 2. The number of nitrogens with one attached hydrogen (secondary N) is 1. The Bertz CT molecular complexity index is 841. The highest BCUT2D eigenvalue weighted by molar-refractivity contribution is 5.96. The molecule has 1 N–H and O–H groups in total. The minimum atomic E-state index is -0.888. The smallest absolute Gasteiger partial charge is 0.331 e. The number of hydrogen-bond donors (Lipinski definition) is 1. The normalized spacial score (nSPS) is 15.2. The molecule has 1 amide bonds. The lowest BCUT2D eigenvalue weighted by Crippen LogP contribution is -2.52. The molecule has 1 aromatic carbocycles. The first-order valence-corrected chi connectivity index (χ1v) is 9.91. The molecular formula is C23H26N2O4. The maximum atomic E-state index is 12.4. The van der Waals surface area contributed by atoms with E-state index in [0.29, 0.717) is 26.1 Å². The van der Waals surface area contributed by atoms with Crippen LogP contribution in [-0.2, 0) is 20.9 Å². The zero-order valence-electron chi connectivity index (χ0n) is 16.6. The summed E-state index contributed by atoms with van der Waals surface area (Å²) in [5.41, 5.74) is 0.832. The van der Waals surface area contributed by atoms with Gasteiger partial charge >= 0.3 is 5.97 Å². The number of rotatable bonds is 8. The van der Waals surface area contributed by atoms with E-state index in [1.165, 1.54) is 6.08 Å². The number of esters is 1. The van der Waals surface area contributed by atoms with Gasteiger partial charge in [-0.1, -0.05) is 31.0 Å². The summed E-state index contributed by atoms with van der Waals surface area (Å²) in [6.07, 6.45) is 7.94. The van der Waals surface area contributed by atoms with Crippen LogP contribution in [0.4, 0.5) is 0 Å². The van der Waals surface area contributed by atoms with Crippen LogP contribution in [-0.4, -0.2) is 29.0 Å². The van der Waals surface area contributed by atoms with Gasteiger partial charge in [-0.2, -0.15) is 0 Å². The summed E-state index contributed by atoms with van der Waals surface area (Å²) in [6.45, 7) is 2.47. The van der Waals surface area contributed by atoms with Gasteiger partial charge in [0.25, 0.3) is 0 Å². The van der Waals surface area contributed by atoms with E-state index in [1.807, 2.05) is 42.5 Å². The summed E-state index contributed by atoms with van der Waals surface area (Å²) in [5, 5.41) is 2.87. The second-order valence-corrected chi connectivity index (χ2v) is 7.01. The van der Waals surface area contributed by atoms with Gasteiger partial charge in [0, 0.05) is 12.3 Å². The fraction of sp³-hybridized carbons (Fsp3) is 0.348. The van der Waals surface area contributed by atoms with E-state index < -0.39 is 5.54 Å². The van der Waals surface area contributed by atoms with Crippen molar-refractivity contribution in [3.63, 3.8) is 0 Å². The molecule has 2 aromatic rings. The molecule has 1 heterocycles. The van der Waals surface area contributed by atoms with Gasteiger partial charge in [0.2, 0.25) is 5.91 Å². The lowest BCUT2D eigenvalue weighted by atomic mass is 9.97. The number of hydrogen-bond acceptors (Lipinski definition) is 5. The van der Waals surface area contributed by atoms with Crippen molar-refractivity contribution < 1.29 is 19.1 Å². The van der Waals surface area contributed by atoms with Gasteiger partial charge in [0.1, 0.15) is 17.9 Å². The molecule has 0 atom stereocenters. The van der Waals surface area contributed by atoms with Gasteiger partial charge in [-0.25, -0.2) is 4.79 Å². The number of carbonyl (C=O) groups is 2. The molecule has 0 bridgehead atoms. The van der Waals surface area contributed by atoms with Gasteiger partial charge in [-0.3, -0.25) is 9.78 Å². The minimum absolute atomic E-state index is 0.296. The first-order valence-electron chi connectivity index (χ1n) is 9.91. The fourth-order valence-corrected chi connectivity index (χ4v) is 3.39. The van der Waals surface area contributed by atoms with Gasteiger partial charge in [0.05, 0.1) is 12.3 Å². The third-order valence-electron chi connectivity index (χ3n) is 4.91. The summed E-state index contributed by atoms with van der Waals surface area (Å²) in [5.74, 6) is 0.0913. The highest BCUT2D eigenvalue weighted by atomic mass is 16.5. The van der Waals surface area contributed by atoms with Crippen LogP contribution in [0.3, 0.4) is 0 Å². The average Bonchev–Trinajstić information content (AvgIpc) is 3.22. The largest absolute Gasteiger partial charge is 0.487 e. The van der Waals surface area contributed by atoms with Crippen LogP contribution in [0.1, 0.15) is 43.9 Å². The van der Waals surface area contributed by atoms with Crippen molar-refractivity contribution in [3.05, 3.63) is 66.0 Å². The molecule has 1 aliphatic carbocycles. The number of ether oxygens (including phenoxy) is 2. The van der Waals surface area contributed by atoms with Crippen molar-refractivity contribution in [2.45, 2.75) is 44.8 Å².